The van der Waals surface area contributed by atoms with Crippen molar-refractivity contribution >= 4 is 15.7 Å². The van der Waals surface area contributed by atoms with E-state index in [4.69, 9.17) is 5.14 Å². The molecule has 3 rings (SSSR count). The zero-order chi connectivity index (χ0) is 23.1. The summed E-state index contributed by atoms with van der Waals surface area (Å²) in [6, 6.07) is 10.2. The minimum Gasteiger partial charge on any atom is -0.377 e. The molecule has 10 heteroatoms. The molecule has 0 aliphatic carbocycles. The van der Waals surface area contributed by atoms with Gasteiger partial charge >= 0.3 is 6.18 Å². The third-order valence-electron chi connectivity index (χ3n) is 4.65. The minimum absolute atomic E-state index is 0.138. The van der Waals surface area contributed by atoms with Crippen molar-refractivity contribution in [3.8, 4) is 22.3 Å². The zero-order valence-corrected chi connectivity index (χ0v) is 17.2. The normalized spacial score (nSPS) is 12.1. The molecule has 0 aliphatic rings. The maximum absolute atomic E-state index is 14.0. The third-order valence-corrected chi connectivity index (χ3v) is 5.58. The number of hydrogen-bond acceptors (Lipinski definition) is 3. The van der Waals surface area contributed by atoms with Gasteiger partial charge < -0.3 is 4.90 Å². The highest BCUT2D eigenvalue weighted by Crippen LogP contribution is 2.41. The molecule has 0 radical (unpaired) electrons. The first-order chi connectivity index (χ1) is 14.3. The summed E-state index contributed by atoms with van der Waals surface area (Å²) in [5.41, 5.74) is -0.162. The van der Waals surface area contributed by atoms with Crippen LogP contribution in [0.4, 0.5) is 27.6 Å². The highest BCUT2D eigenvalue weighted by molar-refractivity contribution is 7.89. The Kier molecular flexibility index (Phi) is 5.81. The monoisotopic (exact) mass is 456 g/mol. The van der Waals surface area contributed by atoms with Gasteiger partial charge in [-0.3, -0.25) is 0 Å². The van der Waals surface area contributed by atoms with E-state index in [1.54, 1.807) is 0 Å². The fourth-order valence-electron chi connectivity index (χ4n) is 3.16. The lowest BCUT2D eigenvalue weighted by atomic mass is 9.93. The highest BCUT2D eigenvalue weighted by atomic mass is 32.2. The van der Waals surface area contributed by atoms with Crippen LogP contribution in [0.25, 0.3) is 22.3 Å². The largest absolute Gasteiger partial charge is 0.418 e. The second-order valence-electron chi connectivity index (χ2n) is 7.01. The number of nitrogens with two attached hydrogens (primary N) is 1. The van der Waals surface area contributed by atoms with Gasteiger partial charge in [-0.15, -0.1) is 0 Å². The van der Waals surface area contributed by atoms with E-state index in [0.29, 0.717) is 5.56 Å². The van der Waals surface area contributed by atoms with E-state index >= 15 is 0 Å². The van der Waals surface area contributed by atoms with Gasteiger partial charge in [-0.05, 0) is 58.7 Å². The van der Waals surface area contributed by atoms with Crippen molar-refractivity contribution in [1.29, 1.82) is 0 Å². The first-order valence-corrected chi connectivity index (χ1v) is 10.3. The second-order valence-corrected chi connectivity index (χ2v) is 8.57. The molecule has 3 aromatic carbocycles. The lowest BCUT2D eigenvalue weighted by Gasteiger charge is -2.21. The van der Waals surface area contributed by atoms with Crippen LogP contribution in [0, 0.1) is 11.6 Å². The maximum atomic E-state index is 14.0. The summed E-state index contributed by atoms with van der Waals surface area (Å²) in [5, 5.41) is 5.07. The van der Waals surface area contributed by atoms with Crippen molar-refractivity contribution < 1.29 is 30.4 Å². The SMILES string of the molecule is CN(C)c1cc(-c2cc(F)c(F)cc2-c2ccc(S(N)(=O)=O)cc2)ccc1C(F)(F)F. The molecule has 164 valence electrons. The van der Waals surface area contributed by atoms with Crippen molar-refractivity contribution in [3.05, 3.63) is 71.8 Å². The van der Waals surface area contributed by atoms with Gasteiger partial charge in [-0.1, -0.05) is 18.2 Å². The molecule has 0 heterocycles. The average Bonchev–Trinajstić information content (AvgIpc) is 2.68. The molecule has 3 aromatic rings. The number of alkyl halides is 3. The van der Waals surface area contributed by atoms with Crippen molar-refractivity contribution in [1.82, 2.24) is 0 Å². The van der Waals surface area contributed by atoms with Gasteiger partial charge in [0.05, 0.1) is 10.5 Å². The first kappa shape index (κ1) is 22.7. The van der Waals surface area contributed by atoms with Crippen LogP contribution >= 0.6 is 0 Å². The minimum atomic E-state index is -4.60. The van der Waals surface area contributed by atoms with Crippen LogP contribution in [0.5, 0.6) is 0 Å². The Morgan fingerprint density at radius 1 is 0.806 bits per heavy atom. The van der Waals surface area contributed by atoms with E-state index < -0.39 is 33.4 Å². The molecule has 0 spiro atoms. The Bertz CT molecular complexity index is 1240. The molecule has 0 saturated carbocycles. The van der Waals surface area contributed by atoms with E-state index in [1.165, 1.54) is 55.4 Å². The predicted octanol–water partition coefficient (Wildman–Crippen LogP) is 5.03. The predicted molar refractivity (Wildman–Crippen MR) is 108 cm³/mol. The van der Waals surface area contributed by atoms with E-state index in [2.05, 4.69) is 0 Å². The lowest BCUT2D eigenvalue weighted by Crippen LogP contribution is -2.16. The number of benzene rings is 3. The number of nitrogens with zero attached hydrogens (tertiary/aromatic N) is 1. The molecule has 0 saturated heterocycles. The van der Waals surface area contributed by atoms with Crippen molar-refractivity contribution in [2.75, 3.05) is 19.0 Å². The molecular formula is C21H17F5N2O2S. The summed E-state index contributed by atoms with van der Waals surface area (Å²) >= 11 is 0. The molecule has 0 amide bonds. The van der Waals surface area contributed by atoms with Crippen LogP contribution in [0.2, 0.25) is 0 Å². The standard InChI is InChI=1S/C21H17F5N2O2S/c1-28(2)20-9-13(5-8-17(20)21(24,25)26)16-11-19(23)18(22)10-15(16)12-3-6-14(7-4-12)31(27,29)30/h3-11H,1-2H3,(H2,27,29,30). The number of rotatable bonds is 4. The van der Waals surface area contributed by atoms with E-state index in [1.807, 2.05) is 0 Å². The Morgan fingerprint density at radius 3 is 1.74 bits per heavy atom. The number of anilines is 1. The fraction of sp³-hybridized carbons (Fsp3) is 0.143. The van der Waals surface area contributed by atoms with Crippen molar-refractivity contribution in [2.45, 2.75) is 11.1 Å². The summed E-state index contributed by atoms with van der Waals surface area (Å²) in [5.74, 6) is -2.33. The maximum Gasteiger partial charge on any atom is 0.418 e. The summed E-state index contributed by atoms with van der Waals surface area (Å²) in [6.45, 7) is 0. The third kappa shape index (κ3) is 4.70. The number of halogens is 5. The van der Waals surface area contributed by atoms with E-state index in [-0.39, 0.29) is 27.3 Å². The van der Waals surface area contributed by atoms with Crippen LogP contribution in [0.15, 0.2) is 59.5 Å². The Labute approximate surface area is 175 Å². The summed E-state index contributed by atoms with van der Waals surface area (Å²) in [4.78, 5) is 1.09. The Hall–Kier alpha value is -2.98. The van der Waals surface area contributed by atoms with Gasteiger partial charge in [0, 0.05) is 19.8 Å². The van der Waals surface area contributed by atoms with Gasteiger partial charge in [-0.2, -0.15) is 13.2 Å². The molecule has 31 heavy (non-hydrogen) atoms. The molecule has 0 aromatic heterocycles. The van der Waals surface area contributed by atoms with Crippen molar-refractivity contribution in [2.24, 2.45) is 5.14 Å². The summed E-state index contributed by atoms with van der Waals surface area (Å²) < 4.78 is 91.0. The molecule has 0 unspecified atom stereocenters. The van der Waals surface area contributed by atoms with Gasteiger partial charge in [0.2, 0.25) is 10.0 Å². The first-order valence-electron chi connectivity index (χ1n) is 8.80. The summed E-state index contributed by atoms with van der Waals surface area (Å²) in [6.07, 6.45) is -4.60. The average molecular weight is 456 g/mol. The topological polar surface area (TPSA) is 63.4 Å². The zero-order valence-electron chi connectivity index (χ0n) is 16.3. The molecule has 0 aliphatic heterocycles. The van der Waals surface area contributed by atoms with Crippen LogP contribution in [-0.2, 0) is 16.2 Å². The van der Waals surface area contributed by atoms with E-state index in [9.17, 15) is 30.4 Å². The quantitative estimate of drug-likeness (QED) is 0.560. The number of sulfonamides is 1. The smallest absolute Gasteiger partial charge is 0.377 e. The van der Waals surface area contributed by atoms with Gasteiger partial charge in [0.25, 0.3) is 0 Å². The lowest BCUT2D eigenvalue weighted by molar-refractivity contribution is -0.137. The van der Waals surface area contributed by atoms with Gasteiger partial charge in [-0.25, -0.2) is 22.3 Å². The van der Waals surface area contributed by atoms with Crippen LogP contribution < -0.4 is 10.0 Å². The molecule has 2 N–H and O–H groups in total. The number of hydrogen-bond donors (Lipinski definition) is 1. The molecule has 0 atom stereocenters. The van der Waals surface area contributed by atoms with Gasteiger partial charge in [0.15, 0.2) is 11.6 Å². The van der Waals surface area contributed by atoms with Gasteiger partial charge in [0.1, 0.15) is 0 Å². The van der Waals surface area contributed by atoms with Crippen LogP contribution in [0.3, 0.4) is 0 Å². The molecule has 4 nitrogen and oxygen atoms in total. The highest BCUT2D eigenvalue weighted by Gasteiger charge is 2.34. The molecule has 0 bridgehead atoms. The molecule has 0 fully saturated rings. The summed E-state index contributed by atoms with van der Waals surface area (Å²) in [7, 11) is -1.08. The Balaban J connectivity index is 2.23. The fourth-order valence-corrected chi connectivity index (χ4v) is 3.67. The molecular weight excluding hydrogens is 439 g/mol. The Morgan fingerprint density at radius 2 is 1.29 bits per heavy atom. The second kappa shape index (κ2) is 7.93. The van der Waals surface area contributed by atoms with E-state index in [0.717, 1.165) is 18.2 Å². The van der Waals surface area contributed by atoms with Crippen LogP contribution in [-0.4, -0.2) is 22.5 Å². The number of primary sulfonamides is 1. The van der Waals surface area contributed by atoms with Crippen molar-refractivity contribution in [3.63, 3.8) is 0 Å². The van der Waals surface area contributed by atoms with Crippen LogP contribution in [0.1, 0.15) is 5.56 Å².